The quantitative estimate of drug-likeness (QED) is 0.194. The van der Waals surface area contributed by atoms with Crippen LogP contribution in [0.1, 0.15) is 65.9 Å². The number of nitrogens with zero attached hydrogens (tertiary/aromatic N) is 1. The number of halogens is 2. The molecule has 2 heterocycles. The van der Waals surface area contributed by atoms with Gasteiger partial charge in [0.25, 0.3) is 5.91 Å². The standard InChI is InChI=1S/C31H29ClFNO5/c1-3-4-5-8-15-38-25-13-11-19(16-26(25)37-2)28-27-29(35)22-17-21(33)12-14-24(22)39-30(27)31(36)34(28)18-20-9-6-7-10-23(20)32/h6-7,9-14,16-17,28H,3-5,8,15,18H2,1-2H3. The molecule has 202 valence electrons. The first-order valence-corrected chi connectivity index (χ1v) is 13.4. The fraction of sp³-hybridized carbons (Fsp3) is 0.290. The van der Waals surface area contributed by atoms with Gasteiger partial charge in [0.1, 0.15) is 11.4 Å². The number of benzene rings is 3. The second kappa shape index (κ2) is 11.5. The molecule has 0 fully saturated rings. The summed E-state index contributed by atoms with van der Waals surface area (Å²) in [6.07, 6.45) is 4.30. The van der Waals surface area contributed by atoms with Crippen molar-refractivity contribution in [2.45, 2.75) is 45.2 Å². The van der Waals surface area contributed by atoms with Gasteiger partial charge in [-0.3, -0.25) is 9.59 Å². The van der Waals surface area contributed by atoms with Crippen molar-refractivity contribution in [3.63, 3.8) is 0 Å². The summed E-state index contributed by atoms with van der Waals surface area (Å²) in [5.74, 6) is -0.0177. The van der Waals surface area contributed by atoms with E-state index in [0.29, 0.717) is 34.3 Å². The van der Waals surface area contributed by atoms with Crippen molar-refractivity contribution in [2.24, 2.45) is 0 Å². The van der Waals surface area contributed by atoms with Gasteiger partial charge in [-0.05, 0) is 53.9 Å². The lowest BCUT2D eigenvalue weighted by Gasteiger charge is -2.26. The molecule has 0 saturated heterocycles. The molecule has 1 amide bonds. The van der Waals surface area contributed by atoms with E-state index in [1.54, 1.807) is 30.2 Å². The number of hydrogen-bond acceptors (Lipinski definition) is 5. The normalized spacial score (nSPS) is 14.6. The van der Waals surface area contributed by atoms with E-state index in [2.05, 4.69) is 6.92 Å². The molecule has 4 aromatic rings. The summed E-state index contributed by atoms with van der Waals surface area (Å²) in [7, 11) is 1.54. The van der Waals surface area contributed by atoms with Gasteiger partial charge in [-0.25, -0.2) is 4.39 Å². The second-order valence-corrected chi connectivity index (χ2v) is 9.97. The Bertz CT molecular complexity index is 1580. The monoisotopic (exact) mass is 549 g/mol. The number of methoxy groups -OCH3 is 1. The molecule has 1 aliphatic rings. The van der Waals surface area contributed by atoms with Crippen LogP contribution in [0.25, 0.3) is 11.0 Å². The van der Waals surface area contributed by atoms with Crippen molar-refractivity contribution in [1.82, 2.24) is 4.90 Å². The zero-order valence-corrected chi connectivity index (χ0v) is 22.6. The molecule has 0 radical (unpaired) electrons. The highest BCUT2D eigenvalue weighted by Crippen LogP contribution is 2.42. The van der Waals surface area contributed by atoms with E-state index in [0.717, 1.165) is 31.7 Å². The van der Waals surface area contributed by atoms with E-state index in [9.17, 15) is 14.0 Å². The Morgan fingerprint density at radius 2 is 1.82 bits per heavy atom. The van der Waals surface area contributed by atoms with Crippen LogP contribution < -0.4 is 14.9 Å². The summed E-state index contributed by atoms with van der Waals surface area (Å²) in [6.45, 7) is 2.85. The van der Waals surface area contributed by atoms with Gasteiger partial charge in [-0.15, -0.1) is 0 Å². The highest BCUT2D eigenvalue weighted by Gasteiger charge is 2.43. The van der Waals surface area contributed by atoms with Crippen molar-refractivity contribution < 1.29 is 23.1 Å². The fourth-order valence-electron chi connectivity index (χ4n) is 5.00. The minimum atomic E-state index is -0.805. The van der Waals surface area contributed by atoms with Crippen molar-refractivity contribution in [3.05, 3.63) is 104 Å². The van der Waals surface area contributed by atoms with E-state index in [1.807, 2.05) is 24.3 Å². The summed E-state index contributed by atoms with van der Waals surface area (Å²) in [5.41, 5.74) is 1.19. The zero-order chi connectivity index (χ0) is 27.5. The van der Waals surface area contributed by atoms with E-state index in [-0.39, 0.29) is 28.8 Å². The first-order chi connectivity index (χ1) is 18.9. The maximum atomic E-state index is 14.1. The zero-order valence-electron chi connectivity index (χ0n) is 21.8. The first kappa shape index (κ1) is 26.8. The summed E-state index contributed by atoms with van der Waals surface area (Å²) in [5, 5.41) is 0.570. The molecular weight excluding hydrogens is 521 g/mol. The Hall–Kier alpha value is -3.84. The van der Waals surface area contributed by atoms with Gasteiger partial charge in [-0.1, -0.05) is 62.1 Å². The Balaban J connectivity index is 1.60. The second-order valence-electron chi connectivity index (χ2n) is 9.56. The average molecular weight is 550 g/mol. The van der Waals surface area contributed by atoms with Crippen LogP contribution in [-0.4, -0.2) is 24.5 Å². The van der Waals surface area contributed by atoms with Crippen LogP contribution in [0.4, 0.5) is 4.39 Å². The molecule has 0 aliphatic carbocycles. The largest absolute Gasteiger partial charge is 0.493 e. The van der Waals surface area contributed by atoms with Crippen LogP contribution in [0.15, 0.2) is 69.9 Å². The third-order valence-corrected chi connectivity index (χ3v) is 7.35. The van der Waals surface area contributed by atoms with Crippen LogP contribution in [-0.2, 0) is 6.54 Å². The van der Waals surface area contributed by atoms with Gasteiger partial charge in [0.2, 0.25) is 5.76 Å². The Morgan fingerprint density at radius 1 is 1.00 bits per heavy atom. The molecule has 1 aliphatic heterocycles. The highest BCUT2D eigenvalue weighted by molar-refractivity contribution is 6.31. The van der Waals surface area contributed by atoms with E-state index in [1.165, 1.54) is 12.1 Å². The van der Waals surface area contributed by atoms with Crippen LogP contribution in [0.3, 0.4) is 0 Å². The molecular formula is C31H29ClFNO5. The third-order valence-electron chi connectivity index (χ3n) is 6.99. The van der Waals surface area contributed by atoms with Crippen molar-refractivity contribution in [3.8, 4) is 11.5 Å². The lowest BCUT2D eigenvalue weighted by molar-refractivity contribution is 0.0714. The number of unbranched alkanes of at least 4 members (excludes halogenated alkanes) is 3. The molecule has 6 nitrogen and oxygen atoms in total. The molecule has 1 atom stereocenters. The number of hydrogen-bond donors (Lipinski definition) is 0. The predicted octanol–water partition coefficient (Wildman–Crippen LogP) is 7.30. The van der Waals surface area contributed by atoms with Gasteiger partial charge in [-0.2, -0.15) is 0 Å². The summed E-state index contributed by atoms with van der Waals surface area (Å²) in [4.78, 5) is 29.0. The molecule has 0 N–H and O–H groups in total. The van der Waals surface area contributed by atoms with E-state index in [4.69, 9.17) is 25.5 Å². The summed E-state index contributed by atoms with van der Waals surface area (Å²) >= 11 is 6.44. The number of carbonyl (C=O) groups excluding carboxylic acids is 1. The summed E-state index contributed by atoms with van der Waals surface area (Å²) < 4.78 is 31.6. The van der Waals surface area contributed by atoms with Gasteiger partial charge >= 0.3 is 0 Å². The summed E-state index contributed by atoms with van der Waals surface area (Å²) in [6, 6.07) is 15.5. The third kappa shape index (κ3) is 5.23. The molecule has 0 saturated carbocycles. The lowest BCUT2D eigenvalue weighted by Crippen LogP contribution is -2.29. The molecule has 1 aromatic heterocycles. The first-order valence-electron chi connectivity index (χ1n) is 13.0. The predicted molar refractivity (Wildman–Crippen MR) is 148 cm³/mol. The Morgan fingerprint density at radius 3 is 2.59 bits per heavy atom. The smallest absolute Gasteiger partial charge is 0.291 e. The topological polar surface area (TPSA) is 69.0 Å². The molecule has 5 rings (SSSR count). The number of rotatable bonds is 10. The van der Waals surface area contributed by atoms with Crippen molar-refractivity contribution in [2.75, 3.05) is 13.7 Å². The molecule has 1 unspecified atom stereocenters. The highest BCUT2D eigenvalue weighted by atomic mass is 35.5. The number of fused-ring (bicyclic) bond motifs is 2. The van der Waals surface area contributed by atoms with E-state index >= 15 is 0 Å². The Labute approximate surface area is 230 Å². The molecule has 8 heteroatoms. The van der Waals surface area contributed by atoms with E-state index < -0.39 is 23.2 Å². The Kier molecular flexibility index (Phi) is 7.89. The maximum absolute atomic E-state index is 14.1. The van der Waals surface area contributed by atoms with Crippen molar-refractivity contribution in [1.29, 1.82) is 0 Å². The van der Waals surface area contributed by atoms with Gasteiger partial charge in [0.15, 0.2) is 16.9 Å². The minimum absolute atomic E-state index is 0.0635. The molecule has 39 heavy (non-hydrogen) atoms. The molecule has 3 aromatic carbocycles. The average Bonchev–Trinajstić information content (AvgIpc) is 3.21. The van der Waals surface area contributed by atoms with Crippen LogP contribution in [0.2, 0.25) is 5.02 Å². The minimum Gasteiger partial charge on any atom is -0.493 e. The van der Waals surface area contributed by atoms with Gasteiger partial charge in [0.05, 0.1) is 30.7 Å². The number of amides is 1. The van der Waals surface area contributed by atoms with Gasteiger partial charge in [0, 0.05) is 11.6 Å². The van der Waals surface area contributed by atoms with Crippen molar-refractivity contribution >= 4 is 28.5 Å². The van der Waals surface area contributed by atoms with Crippen LogP contribution in [0.5, 0.6) is 11.5 Å². The van der Waals surface area contributed by atoms with Crippen LogP contribution in [0, 0.1) is 5.82 Å². The van der Waals surface area contributed by atoms with Crippen LogP contribution >= 0.6 is 11.6 Å². The number of carbonyl (C=O) groups is 1. The maximum Gasteiger partial charge on any atom is 0.291 e. The fourth-order valence-corrected chi connectivity index (χ4v) is 5.19. The molecule has 0 bridgehead atoms. The SMILES string of the molecule is CCCCCCOc1ccc(C2c3c(oc4ccc(F)cc4c3=O)C(=O)N2Cc2ccccc2Cl)cc1OC. The molecule has 0 spiro atoms. The number of ether oxygens (including phenoxy) is 2. The lowest BCUT2D eigenvalue weighted by atomic mass is 9.97. The van der Waals surface area contributed by atoms with Gasteiger partial charge < -0.3 is 18.8 Å².